The van der Waals surface area contributed by atoms with Gasteiger partial charge in [-0.15, -0.1) is 0 Å². The summed E-state index contributed by atoms with van der Waals surface area (Å²) in [6.45, 7) is 0.533. The van der Waals surface area contributed by atoms with Crippen molar-refractivity contribution < 1.29 is 8.42 Å². The topological polar surface area (TPSA) is 85.1 Å². The minimum absolute atomic E-state index is 0.248. The van der Waals surface area contributed by atoms with E-state index in [9.17, 15) is 8.42 Å². The van der Waals surface area contributed by atoms with Gasteiger partial charge in [0.05, 0.1) is 10.3 Å². The molecule has 1 heterocycles. The van der Waals surface area contributed by atoms with Crippen LogP contribution in [0.2, 0.25) is 0 Å². The molecule has 0 bridgehead atoms. The van der Waals surface area contributed by atoms with Crippen molar-refractivity contribution in [1.82, 2.24) is 9.71 Å². The Bertz CT molecular complexity index is 622. The molecule has 5 nitrogen and oxygen atoms in total. The lowest BCUT2D eigenvalue weighted by Crippen LogP contribution is -2.39. The van der Waals surface area contributed by atoms with Gasteiger partial charge in [-0.1, -0.05) is 12.1 Å². The van der Waals surface area contributed by atoms with E-state index >= 15 is 0 Å². The predicted octanol–water partition coefficient (Wildman–Crippen LogP) is -1.36. The average Bonchev–Trinajstić information content (AvgIpc) is 2.36. The van der Waals surface area contributed by atoms with Crippen LogP contribution < -0.4 is 21.0 Å². The lowest BCUT2D eigenvalue weighted by Gasteiger charge is -2.11. The van der Waals surface area contributed by atoms with Crippen molar-refractivity contribution in [2.24, 2.45) is 5.73 Å². The predicted molar refractivity (Wildman–Crippen MR) is 66.6 cm³/mol. The van der Waals surface area contributed by atoms with Gasteiger partial charge in [0.1, 0.15) is 0 Å². The van der Waals surface area contributed by atoms with Crippen molar-refractivity contribution >= 4 is 21.0 Å². The maximum atomic E-state index is 12.0. The largest absolute Gasteiger partial charge is 0.329 e. The number of hydrogen-bond acceptors (Lipinski definition) is 4. The molecular formula is C11H15N3O2S. The summed E-state index contributed by atoms with van der Waals surface area (Å²) in [7, 11) is -3.45. The van der Waals surface area contributed by atoms with E-state index in [-0.39, 0.29) is 13.1 Å². The third-order valence-corrected chi connectivity index (χ3v) is 4.23. The molecule has 6 heteroatoms. The molecule has 0 aliphatic heterocycles. The molecule has 0 aromatic carbocycles. The van der Waals surface area contributed by atoms with Gasteiger partial charge in [0.15, 0.2) is 0 Å². The summed E-state index contributed by atoms with van der Waals surface area (Å²) in [5, 5.41) is 1.44. The first-order valence-electron chi connectivity index (χ1n) is 5.49. The lowest BCUT2D eigenvalue weighted by molar-refractivity contribution is 0.591. The second-order valence-electron chi connectivity index (χ2n) is 3.79. The van der Waals surface area contributed by atoms with Crippen LogP contribution in [-0.4, -0.2) is 26.5 Å². The average molecular weight is 253 g/mol. The van der Waals surface area contributed by atoms with Crippen LogP contribution in [0.15, 0.2) is 18.3 Å². The zero-order valence-electron chi connectivity index (χ0n) is 9.39. The van der Waals surface area contributed by atoms with E-state index in [1.54, 1.807) is 12.3 Å². The van der Waals surface area contributed by atoms with E-state index in [0.29, 0.717) is 16.7 Å². The van der Waals surface area contributed by atoms with E-state index in [2.05, 4.69) is 9.71 Å². The van der Waals surface area contributed by atoms with E-state index in [4.69, 9.17) is 5.73 Å². The second-order valence-corrected chi connectivity index (χ2v) is 5.58. The highest BCUT2D eigenvalue weighted by atomic mass is 32.2. The highest BCUT2D eigenvalue weighted by Crippen LogP contribution is 2.13. The Kier molecular flexibility index (Phi) is 3.56. The molecule has 1 aromatic heterocycles. The zero-order valence-corrected chi connectivity index (χ0v) is 10.2. The van der Waals surface area contributed by atoms with Crippen LogP contribution in [0.3, 0.4) is 0 Å². The van der Waals surface area contributed by atoms with Gasteiger partial charge in [-0.05, 0) is 24.1 Å². The molecule has 17 heavy (non-hydrogen) atoms. The van der Waals surface area contributed by atoms with E-state index < -0.39 is 10.0 Å². The Balaban J connectivity index is 2.57. The maximum Gasteiger partial charge on any atom is 0.238 e. The molecule has 0 saturated heterocycles. The van der Waals surface area contributed by atoms with Crippen LogP contribution in [0, 0.1) is 0 Å². The Morgan fingerprint density at radius 3 is 3.06 bits per heavy atom. The molecular weight excluding hydrogens is 238 g/mol. The summed E-state index contributed by atoms with van der Waals surface area (Å²) in [5.41, 5.74) is 5.30. The summed E-state index contributed by atoms with van der Waals surface area (Å²) in [6.07, 6.45) is 4.82. The quantitative estimate of drug-likeness (QED) is 0.694. The molecule has 0 saturated carbocycles. The number of sulfonamides is 1. The van der Waals surface area contributed by atoms with Gasteiger partial charge < -0.3 is 5.73 Å². The minimum Gasteiger partial charge on any atom is -0.329 e. The molecule has 0 atom stereocenters. The Labute approximate surface area is 100 Å². The van der Waals surface area contributed by atoms with Gasteiger partial charge >= 0.3 is 0 Å². The normalized spacial score (nSPS) is 15.2. The number of pyridine rings is 1. The standard InChI is InChI=1S/C11H15N3O2S/c12-6-8-14-17(15,16)10-5-1-3-9-4-2-7-13-11(9)10/h2-4,7,14H,1,5-6,8,12H2. The highest BCUT2D eigenvalue weighted by Gasteiger charge is 2.19. The molecule has 2 rings (SSSR count). The summed E-state index contributed by atoms with van der Waals surface area (Å²) >= 11 is 0. The van der Waals surface area contributed by atoms with Crippen LogP contribution in [0.1, 0.15) is 12.8 Å². The monoisotopic (exact) mass is 253 g/mol. The SMILES string of the molecule is NCCNS(=O)(=O)C1=c2ncccc2=CCC1. The van der Waals surface area contributed by atoms with Crippen molar-refractivity contribution in [3.63, 3.8) is 0 Å². The lowest BCUT2D eigenvalue weighted by atomic mass is 10.1. The highest BCUT2D eigenvalue weighted by molar-refractivity contribution is 7.98. The number of hydrogen-bond donors (Lipinski definition) is 2. The van der Waals surface area contributed by atoms with Crippen LogP contribution in [0.5, 0.6) is 0 Å². The first-order valence-corrected chi connectivity index (χ1v) is 6.97. The molecule has 1 aromatic rings. The van der Waals surface area contributed by atoms with Crippen molar-refractivity contribution in [2.75, 3.05) is 13.1 Å². The van der Waals surface area contributed by atoms with Gasteiger partial charge in [0.2, 0.25) is 10.0 Å². The molecule has 1 aliphatic carbocycles. The van der Waals surface area contributed by atoms with Crippen molar-refractivity contribution in [3.8, 4) is 0 Å². The summed E-state index contributed by atoms with van der Waals surface area (Å²) in [4.78, 5) is 4.52. The van der Waals surface area contributed by atoms with Crippen LogP contribution >= 0.6 is 0 Å². The maximum absolute atomic E-state index is 12.0. The first-order chi connectivity index (χ1) is 8.15. The molecule has 0 radical (unpaired) electrons. The molecule has 3 N–H and O–H groups in total. The van der Waals surface area contributed by atoms with Gasteiger partial charge in [-0.2, -0.15) is 0 Å². The molecule has 1 aliphatic rings. The Morgan fingerprint density at radius 1 is 1.47 bits per heavy atom. The van der Waals surface area contributed by atoms with Gasteiger partial charge in [0.25, 0.3) is 0 Å². The Hall–Kier alpha value is -1.24. The van der Waals surface area contributed by atoms with Crippen LogP contribution in [0.4, 0.5) is 0 Å². The number of aromatic nitrogens is 1. The zero-order chi connectivity index (χ0) is 12.3. The van der Waals surface area contributed by atoms with Crippen molar-refractivity contribution in [3.05, 3.63) is 28.9 Å². The molecule has 0 unspecified atom stereocenters. The van der Waals surface area contributed by atoms with Crippen LogP contribution in [-0.2, 0) is 10.0 Å². The molecule has 0 spiro atoms. The first kappa shape index (κ1) is 12.2. The number of nitrogens with two attached hydrogens (primary N) is 1. The van der Waals surface area contributed by atoms with E-state index in [0.717, 1.165) is 11.6 Å². The fourth-order valence-electron chi connectivity index (χ4n) is 1.83. The Morgan fingerprint density at radius 2 is 2.29 bits per heavy atom. The molecule has 0 fully saturated rings. The number of nitrogens with zero attached hydrogens (tertiary/aromatic N) is 1. The van der Waals surface area contributed by atoms with Crippen molar-refractivity contribution in [1.29, 1.82) is 0 Å². The minimum atomic E-state index is -3.45. The molecule has 0 amide bonds. The number of nitrogens with one attached hydrogen (secondary N) is 1. The fraction of sp³-hybridized carbons (Fsp3) is 0.364. The second kappa shape index (κ2) is 4.95. The molecule has 92 valence electrons. The number of fused-ring (bicyclic) bond motifs is 1. The van der Waals surface area contributed by atoms with E-state index in [1.807, 2.05) is 12.1 Å². The summed E-state index contributed by atoms with van der Waals surface area (Å²) < 4.78 is 26.6. The van der Waals surface area contributed by atoms with Crippen molar-refractivity contribution in [2.45, 2.75) is 12.8 Å². The van der Waals surface area contributed by atoms with Gasteiger partial charge in [0, 0.05) is 19.3 Å². The third kappa shape index (κ3) is 2.54. The summed E-state index contributed by atoms with van der Waals surface area (Å²) in [6, 6.07) is 3.68. The fourth-order valence-corrected chi connectivity index (χ4v) is 3.21. The van der Waals surface area contributed by atoms with Gasteiger partial charge in [-0.3, -0.25) is 4.98 Å². The third-order valence-electron chi connectivity index (χ3n) is 2.60. The number of rotatable bonds is 4. The van der Waals surface area contributed by atoms with Gasteiger partial charge in [-0.25, -0.2) is 13.1 Å². The smallest absolute Gasteiger partial charge is 0.238 e. The summed E-state index contributed by atoms with van der Waals surface area (Å²) in [5.74, 6) is 0. The van der Waals surface area contributed by atoms with Crippen LogP contribution in [0.25, 0.3) is 11.0 Å². The van der Waals surface area contributed by atoms with E-state index in [1.165, 1.54) is 0 Å².